The fraction of sp³-hybridized carbons (Fsp3) is 0.400. The molecular weight excluding hydrogens is 259 g/mol. The van der Waals surface area contributed by atoms with E-state index in [4.69, 9.17) is 0 Å². The minimum Gasteiger partial charge on any atom is -0.301 e. The number of nitrogens with zero attached hydrogens (tertiary/aromatic N) is 2. The van der Waals surface area contributed by atoms with Gasteiger partial charge in [0.1, 0.15) is 10.8 Å². The maximum atomic E-state index is 12.9. The Hall–Kier alpha value is -1.26. The van der Waals surface area contributed by atoms with Crippen molar-refractivity contribution in [2.24, 2.45) is 0 Å². The predicted molar refractivity (Wildman–Crippen MR) is 78.9 cm³/mol. The van der Waals surface area contributed by atoms with Crippen LogP contribution in [0.1, 0.15) is 24.4 Å². The number of hydrogen-bond acceptors (Lipinski definition) is 3. The van der Waals surface area contributed by atoms with Crippen LogP contribution in [0, 0.1) is 5.82 Å². The van der Waals surface area contributed by atoms with Gasteiger partial charge < -0.3 is 4.90 Å². The predicted octanol–water partition coefficient (Wildman–Crippen LogP) is 3.96. The molecule has 2 aromatic rings. The van der Waals surface area contributed by atoms with Crippen LogP contribution in [-0.2, 0) is 13.0 Å². The maximum Gasteiger partial charge on any atom is 0.123 e. The van der Waals surface area contributed by atoms with Crippen molar-refractivity contribution >= 4 is 11.3 Å². The third kappa shape index (κ3) is 3.19. The number of hydrogen-bond donors (Lipinski definition) is 0. The summed E-state index contributed by atoms with van der Waals surface area (Å²) in [5, 5.41) is 1.00. The van der Waals surface area contributed by atoms with E-state index in [-0.39, 0.29) is 5.82 Å². The first-order valence-corrected chi connectivity index (χ1v) is 7.47. The van der Waals surface area contributed by atoms with Crippen LogP contribution in [0.3, 0.4) is 0 Å². The molecule has 0 radical (unpaired) electrons. The monoisotopic (exact) mass is 278 g/mol. The molecule has 0 N–H and O–H groups in total. The van der Waals surface area contributed by atoms with Crippen LogP contribution in [0.15, 0.2) is 24.3 Å². The zero-order valence-corrected chi connectivity index (χ0v) is 12.4. The fourth-order valence-corrected chi connectivity index (χ4v) is 3.23. The summed E-state index contributed by atoms with van der Waals surface area (Å²) >= 11 is 1.72. The molecule has 102 valence electrons. The highest BCUT2D eigenvalue weighted by Gasteiger charge is 2.18. The summed E-state index contributed by atoms with van der Waals surface area (Å²) in [7, 11) is 2.13. The molecule has 1 aromatic carbocycles. The van der Waals surface area contributed by atoms with Gasteiger partial charge in [-0.15, -0.1) is 11.3 Å². The summed E-state index contributed by atoms with van der Waals surface area (Å²) in [6.07, 6.45) is 1.02. The van der Waals surface area contributed by atoms with Crippen molar-refractivity contribution in [2.75, 3.05) is 13.6 Å². The highest BCUT2D eigenvalue weighted by molar-refractivity contribution is 7.15. The second-order valence-corrected chi connectivity index (χ2v) is 5.47. The molecule has 0 atom stereocenters. The lowest BCUT2D eigenvalue weighted by Gasteiger charge is -2.20. The van der Waals surface area contributed by atoms with Gasteiger partial charge in [-0.2, -0.15) is 0 Å². The average molecular weight is 278 g/mol. The number of aromatic nitrogens is 1. The van der Waals surface area contributed by atoms with Crippen LogP contribution in [0.5, 0.6) is 0 Å². The zero-order chi connectivity index (χ0) is 13.8. The Balaban J connectivity index is 0.000000637. The lowest BCUT2D eigenvalue weighted by Crippen LogP contribution is -2.25. The van der Waals surface area contributed by atoms with Crippen molar-refractivity contribution in [3.05, 3.63) is 40.7 Å². The van der Waals surface area contributed by atoms with Crippen molar-refractivity contribution in [2.45, 2.75) is 26.8 Å². The van der Waals surface area contributed by atoms with E-state index >= 15 is 0 Å². The average Bonchev–Trinajstić information content (AvgIpc) is 2.84. The first-order valence-electron chi connectivity index (χ1n) is 6.65. The molecule has 1 aromatic heterocycles. The third-order valence-electron chi connectivity index (χ3n) is 3.01. The molecule has 1 aliphatic heterocycles. The standard InChI is InChI=1S/C13H13FN2S.C2H6/c1-16-7-6-11-12(8-16)17-13(15-11)9-2-4-10(14)5-3-9;1-2/h2-5H,6-8H2,1H3;1-2H3. The molecular formula is C15H19FN2S. The molecule has 0 bridgehead atoms. The minimum atomic E-state index is -0.199. The topological polar surface area (TPSA) is 16.1 Å². The fourth-order valence-electron chi connectivity index (χ4n) is 2.04. The van der Waals surface area contributed by atoms with Crippen LogP contribution in [-0.4, -0.2) is 23.5 Å². The molecule has 0 amide bonds. The Labute approximate surface area is 117 Å². The summed E-state index contributed by atoms with van der Waals surface area (Å²) < 4.78 is 12.9. The Morgan fingerprint density at radius 2 is 1.89 bits per heavy atom. The van der Waals surface area contributed by atoms with Crippen molar-refractivity contribution in [3.8, 4) is 10.6 Å². The Morgan fingerprint density at radius 1 is 1.21 bits per heavy atom. The SMILES string of the molecule is CC.CN1CCc2nc(-c3ccc(F)cc3)sc2C1. The van der Waals surface area contributed by atoms with Gasteiger partial charge >= 0.3 is 0 Å². The molecule has 4 heteroatoms. The molecule has 0 spiro atoms. The number of thiazole rings is 1. The van der Waals surface area contributed by atoms with Gasteiger partial charge in [-0.25, -0.2) is 9.37 Å². The van der Waals surface area contributed by atoms with E-state index in [1.807, 2.05) is 13.8 Å². The van der Waals surface area contributed by atoms with Crippen LogP contribution >= 0.6 is 11.3 Å². The van der Waals surface area contributed by atoms with Gasteiger partial charge in [-0.3, -0.25) is 0 Å². The first-order chi connectivity index (χ1) is 9.22. The molecule has 0 fully saturated rings. The summed E-state index contributed by atoms with van der Waals surface area (Å²) in [6, 6.07) is 6.57. The van der Waals surface area contributed by atoms with E-state index in [0.29, 0.717) is 0 Å². The molecule has 19 heavy (non-hydrogen) atoms. The molecule has 0 aliphatic carbocycles. The second-order valence-electron chi connectivity index (χ2n) is 4.38. The summed E-state index contributed by atoms with van der Waals surface area (Å²) in [5.74, 6) is -0.199. The van der Waals surface area contributed by atoms with Gasteiger partial charge in [-0.1, -0.05) is 13.8 Å². The normalized spacial score (nSPS) is 14.5. The quantitative estimate of drug-likeness (QED) is 0.785. The van der Waals surface area contributed by atoms with Crippen LogP contribution in [0.25, 0.3) is 10.6 Å². The van der Waals surface area contributed by atoms with E-state index in [9.17, 15) is 4.39 Å². The molecule has 2 nitrogen and oxygen atoms in total. The maximum absolute atomic E-state index is 12.9. The summed E-state index contributed by atoms with van der Waals surface area (Å²) in [5.41, 5.74) is 2.22. The van der Waals surface area contributed by atoms with E-state index in [1.54, 1.807) is 23.5 Å². The highest BCUT2D eigenvalue weighted by Crippen LogP contribution is 2.31. The third-order valence-corrected chi connectivity index (χ3v) is 4.14. The Bertz CT molecular complexity index is 534. The van der Waals surface area contributed by atoms with Gasteiger partial charge in [-0.05, 0) is 31.3 Å². The smallest absolute Gasteiger partial charge is 0.123 e. The lowest BCUT2D eigenvalue weighted by molar-refractivity contribution is 0.314. The van der Waals surface area contributed by atoms with E-state index in [1.165, 1.54) is 22.7 Å². The molecule has 2 heterocycles. The highest BCUT2D eigenvalue weighted by atomic mass is 32.1. The van der Waals surface area contributed by atoms with Crippen molar-refractivity contribution < 1.29 is 4.39 Å². The summed E-state index contributed by atoms with van der Waals surface area (Å²) in [6.45, 7) is 6.05. The molecule has 0 unspecified atom stereocenters. The van der Waals surface area contributed by atoms with Crippen LogP contribution < -0.4 is 0 Å². The molecule has 0 saturated heterocycles. The van der Waals surface area contributed by atoms with Crippen molar-refractivity contribution in [1.82, 2.24) is 9.88 Å². The Morgan fingerprint density at radius 3 is 2.58 bits per heavy atom. The van der Waals surface area contributed by atoms with Gasteiger partial charge in [0.2, 0.25) is 0 Å². The van der Waals surface area contributed by atoms with Gasteiger partial charge in [0, 0.05) is 30.0 Å². The zero-order valence-electron chi connectivity index (χ0n) is 11.6. The van der Waals surface area contributed by atoms with E-state index in [2.05, 4.69) is 16.9 Å². The van der Waals surface area contributed by atoms with Gasteiger partial charge in [0.25, 0.3) is 0 Å². The van der Waals surface area contributed by atoms with Gasteiger partial charge in [0.15, 0.2) is 0 Å². The van der Waals surface area contributed by atoms with E-state index < -0.39 is 0 Å². The first kappa shape index (κ1) is 14.2. The number of rotatable bonds is 1. The number of likely N-dealkylation sites (N-methyl/N-ethyl adjacent to an activating group) is 1. The molecule has 3 rings (SSSR count). The summed E-state index contributed by atoms with van der Waals surface area (Å²) in [4.78, 5) is 8.30. The Kier molecular flexibility index (Phi) is 4.66. The number of fused-ring (bicyclic) bond motifs is 1. The molecule has 1 aliphatic rings. The van der Waals surface area contributed by atoms with Crippen molar-refractivity contribution in [3.63, 3.8) is 0 Å². The molecule has 0 saturated carbocycles. The second kappa shape index (κ2) is 6.26. The number of halogens is 1. The lowest BCUT2D eigenvalue weighted by atomic mass is 10.2. The minimum absolute atomic E-state index is 0.199. The largest absolute Gasteiger partial charge is 0.301 e. The van der Waals surface area contributed by atoms with Gasteiger partial charge in [0.05, 0.1) is 5.69 Å². The van der Waals surface area contributed by atoms with Crippen LogP contribution in [0.2, 0.25) is 0 Å². The van der Waals surface area contributed by atoms with Crippen molar-refractivity contribution in [1.29, 1.82) is 0 Å². The number of benzene rings is 1. The van der Waals surface area contributed by atoms with Crippen LogP contribution in [0.4, 0.5) is 4.39 Å². The van der Waals surface area contributed by atoms with E-state index in [0.717, 1.165) is 30.1 Å².